The average molecular weight is 964 g/mol. The molecule has 0 saturated carbocycles. The summed E-state index contributed by atoms with van der Waals surface area (Å²) in [5, 5.41) is 0. The Bertz CT molecular complexity index is 3460. The molecule has 2 heteroatoms. The summed E-state index contributed by atoms with van der Waals surface area (Å²) in [6.07, 6.45) is 10.9. The van der Waals surface area contributed by atoms with E-state index in [2.05, 4.69) is 246 Å². The van der Waals surface area contributed by atoms with Crippen molar-refractivity contribution in [3.63, 3.8) is 0 Å². The number of ether oxygens (including phenoxy) is 1. The lowest BCUT2D eigenvalue weighted by atomic mass is 9.67. The highest BCUT2D eigenvalue weighted by atomic mass is 16.5. The Kier molecular flexibility index (Phi) is 12.7. The second kappa shape index (κ2) is 19.8. The van der Waals surface area contributed by atoms with Crippen LogP contribution in [-0.2, 0) is 30.1 Å². The van der Waals surface area contributed by atoms with Gasteiger partial charge < -0.3 is 9.64 Å². The summed E-state index contributed by atoms with van der Waals surface area (Å²) in [6.45, 7) is 11.7. The van der Waals surface area contributed by atoms with Crippen LogP contribution >= 0.6 is 0 Å². The zero-order valence-corrected chi connectivity index (χ0v) is 44.0. The summed E-state index contributed by atoms with van der Waals surface area (Å²) in [6, 6.07) is 78.0. The summed E-state index contributed by atoms with van der Waals surface area (Å²) in [7, 11) is 0. The smallest absolute Gasteiger partial charge is 0.127 e. The lowest BCUT2D eigenvalue weighted by Gasteiger charge is -2.35. The van der Waals surface area contributed by atoms with Gasteiger partial charge in [0.05, 0.1) is 5.41 Å². The van der Waals surface area contributed by atoms with Crippen molar-refractivity contribution in [2.75, 3.05) is 4.90 Å². The Balaban J connectivity index is 0.917. The molecule has 74 heavy (non-hydrogen) atoms. The van der Waals surface area contributed by atoms with E-state index in [4.69, 9.17) is 4.74 Å². The Hall–Kier alpha value is -7.42. The Morgan fingerprint density at radius 2 is 1.04 bits per heavy atom. The second-order valence-corrected chi connectivity index (χ2v) is 22.1. The van der Waals surface area contributed by atoms with Gasteiger partial charge in [-0.05, 0) is 194 Å². The maximum Gasteiger partial charge on any atom is 0.127 e. The molecule has 9 aromatic rings. The molecule has 3 aliphatic rings. The lowest BCUT2D eigenvalue weighted by molar-refractivity contribution is 0.481. The standard InChI is InChI=1S/C72H69NO/c1-6-8-9-11-18-50-25-33-56(34-26-50)72(57-35-41-62(42-36-57)74-61-39-31-52(32-40-61)49(3)45-51(7-2)54-29-27-53-28-30-55(53)46-54)68-24-17-15-22-64(68)66-44-38-60(48-70(66)72)73(58-19-12-10-13-20-58)59-37-43-65-63-21-14-16-23-67(63)71(4,5)69(65)47-59/h10,12-17,19-27,29,31-44,46-49,51H,6-9,11,18,28,30,45H2,1-5H3. The van der Waals surface area contributed by atoms with Crippen molar-refractivity contribution in [1.29, 1.82) is 0 Å². The van der Waals surface area contributed by atoms with Crippen LogP contribution in [0.2, 0.25) is 0 Å². The van der Waals surface area contributed by atoms with Gasteiger partial charge in [0, 0.05) is 22.5 Å². The molecule has 0 amide bonds. The van der Waals surface area contributed by atoms with Crippen molar-refractivity contribution in [2.24, 2.45) is 0 Å². The zero-order valence-electron chi connectivity index (χ0n) is 44.0. The van der Waals surface area contributed by atoms with Gasteiger partial charge in [-0.2, -0.15) is 0 Å². The van der Waals surface area contributed by atoms with E-state index in [-0.39, 0.29) is 5.41 Å². The Morgan fingerprint density at radius 1 is 0.473 bits per heavy atom. The second-order valence-electron chi connectivity index (χ2n) is 22.1. The number of unbranched alkanes of at least 4 members (excludes halogenated alkanes) is 3. The molecular formula is C72H69NO. The third-order valence-corrected chi connectivity index (χ3v) is 17.3. The largest absolute Gasteiger partial charge is 0.457 e. The van der Waals surface area contributed by atoms with E-state index < -0.39 is 5.41 Å². The molecule has 9 aromatic carbocycles. The first kappa shape index (κ1) is 47.6. The van der Waals surface area contributed by atoms with Gasteiger partial charge in [0.2, 0.25) is 0 Å². The highest BCUT2D eigenvalue weighted by Crippen LogP contribution is 2.58. The molecule has 0 aromatic heterocycles. The minimum Gasteiger partial charge on any atom is -0.457 e. The minimum absolute atomic E-state index is 0.124. The fourth-order valence-corrected chi connectivity index (χ4v) is 13.1. The van der Waals surface area contributed by atoms with Crippen LogP contribution in [0.5, 0.6) is 11.5 Å². The Labute approximate surface area is 440 Å². The number of hydrogen-bond acceptors (Lipinski definition) is 2. The van der Waals surface area contributed by atoms with Gasteiger partial charge in [0.1, 0.15) is 11.5 Å². The van der Waals surface area contributed by atoms with E-state index >= 15 is 0 Å². The highest BCUT2D eigenvalue weighted by Gasteiger charge is 2.46. The molecule has 0 spiro atoms. The van der Waals surface area contributed by atoms with Crippen LogP contribution in [0.3, 0.4) is 0 Å². The fraction of sp³-hybridized carbons (Fsp3) is 0.250. The van der Waals surface area contributed by atoms with Gasteiger partial charge >= 0.3 is 0 Å². The predicted molar refractivity (Wildman–Crippen MR) is 310 cm³/mol. The van der Waals surface area contributed by atoms with Crippen LogP contribution in [0.15, 0.2) is 206 Å². The first-order chi connectivity index (χ1) is 36.2. The first-order valence-corrected chi connectivity index (χ1v) is 27.7. The van der Waals surface area contributed by atoms with Gasteiger partial charge in [-0.15, -0.1) is 0 Å². The van der Waals surface area contributed by atoms with Gasteiger partial charge in [0.15, 0.2) is 0 Å². The van der Waals surface area contributed by atoms with Crippen molar-refractivity contribution in [3.05, 3.63) is 267 Å². The quantitative estimate of drug-likeness (QED) is 0.0843. The zero-order chi connectivity index (χ0) is 50.4. The maximum atomic E-state index is 6.69. The number of fused-ring (bicyclic) bond motifs is 7. The number of anilines is 3. The molecule has 0 aliphatic heterocycles. The van der Waals surface area contributed by atoms with E-state index in [9.17, 15) is 0 Å². The summed E-state index contributed by atoms with van der Waals surface area (Å²) in [5.74, 6) is 2.69. The van der Waals surface area contributed by atoms with E-state index in [1.807, 2.05) is 0 Å². The number of rotatable bonds is 17. The molecule has 0 N–H and O–H groups in total. The molecular weight excluding hydrogens is 895 g/mol. The number of benzene rings is 9. The van der Waals surface area contributed by atoms with Crippen LogP contribution in [0.1, 0.15) is 146 Å². The minimum atomic E-state index is -0.597. The average Bonchev–Trinajstić information content (AvgIpc) is 3.86. The van der Waals surface area contributed by atoms with Crippen molar-refractivity contribution >= 4 is 17.1 Å². The van der Waals surface area contributed by atoms with Crippen LogP contribution in [0.25, 0.3) is 22.3 Å². The molecule has 0 heterocycles. The lowest BCUT2D eigenvalue weighted by Crippen LogP contribution is -2.29. The molecule has 3 aliphatic carbocycles. The normalized spacial score (nSPS) is 16.2. The molecule has 0 saturated heterocycles. The van der Waals surface area contributed by atoms with E-state index in [1.165, 1.54) is 116 Å². The molecule has 0 radical (unpaired) electrons. The molecule has 368 valence electrons. The third kappa shape index (κ3) is 8.37. The monoisotopic (exact) mass is 964 g/mol. The van der Waals surface area contributed by atoms with Crippen LogP contribution < -0.4 is 9.64 Å². The Morgan fingerprint density at radius 3 is 1.69 bits per heavy atom. The molecule has 2 nitrogen and oxygen atoms in total. The predicted octanol–water partition coefficient (Wildman–Crippen LogP) is 19.5. The molecule has 12 rings (SSSR count). The van der Waals surface area contributed by atoms with E-state index in [1.54, 1.807) is 5.56 Å². The van der Waals surface area contributed by atoms with Crippen LogP contribution in [-0.4, -0.2) is 0 Å². The first-order valence-electron chi connectivity index (χ1n) is 27.7. The number of para-hydroxylation sites is 1. The number of nitrogens with zero attached hydrogens (tertiary/aromatic N) is 1. The van der Waals surface area contributed by atoms with Gasteiger partial charge in [-0.3, -0.25) is 0 Å². The van der Waals surface area contributed by atoms with E-state index in [0.29, 0.717) is 11.8 Å². The summed E-state index contributed by atoms with van der Waals surface area (Å²) < 4.78 is 6.69. The van der Waals surface area contributed by atoms with Crippen molar-refractivity contribution in [2.45, 2.75) is 115 Å². The molecule has 0 bridgehead atoms. The van der Waals surface area contributed by atoms with Crippen LogP contribution in [0.4, 0.5) is 17.1 Å². The fourth-order valence-electron chi connectivity index (χ4n) is 13.1. The van der Waals surface area contributed by atoms with Crippen molar-refractivity contribution in [1.82, 2.24) is 0 Å². The molecule has 3 unspecified atom stereocenters. The van der Waals surface area contributed by atoms with E-state index in [0.717, 1.165) is 47.8 Å². The SMILES string of the molecule is CCCCCCc1ccc(C2(c3ccc(Oc4ccc(C(C)CC(CC)c5ccc6c(c5)CC6)cc4)cc3)c3ccccc3-c3ccc(N(c4ccccc4)c4ccc5c(c4)C(C)(C)c4ccccc4-5)cc32)cc1. The topological polar surface area (TPSA) is 12.5 Å². The van der Waals surface area contributed by atoms with Crippen LogP contribution in [0, 0.1) is 0 Å². The third-order valence-electron chi connectivity index (χ3n) is 17.3. The highest BCUT2D eigenvalue weighted by molar-refractivity contribution is 5.91. The van der Waals surface area contributed by atoms with Gasteiger partial charge in [-0.25, -0.2) is 0 Å². The van der Waals surface area contributed by atoms with Gasteiger partial charge in [-0.1, -0.05) is 199 Å². The summed E-state index contributed by atoms with van der Waals surface area (Å²) in [5.41, 5.74) is 23.1. The van der Waals surface area contributed by atoms with Crippen molar-refractivity contribution < 1.29 is 4.74 Å². The number of hydrogen-bond donors (Lipinski definition) is 0. The summed E-state index contributed by atoms with van der Waals surface area (Å²) in [4.78, 5) is 2.46. The molecule has 3 atom stereocenters. The molecule has 0 fully saturated rings. The number of aryl methyl sites for hydroxylation is 3. The summed E-state index contributed by atoms with van der Waals surface area (Å²) >= 11 is 0. The maximum absolute atomic E-state index is 6.69. The van der Waals surface area contributed by atoms with Gasteiger partial charge in [0.25, 0.3) is 0 Å². The van der Waals surface area contributed by atoms with Crippen molar-refractivity contribution in [3.8, 4) is 33.8 Å².